The van der Waals surface area contributed by atoms with Gasteiger partial charge in [0, 0.05) is 11.1 Å². The zero-order chi connectivity index (χ0) is 17.0. The molecular weight excluding hydrogens is 381 g/mol. The first-order chi connectivity index (χ1) is 10.7. The molecule has 5 nitrogen and oxygen atoms in total. The molecule has 2 atom stereocenters. The van der Waals surface area contributed by atoms with Crippen LogP contribution in [0.4, 0.5) is 23.7 Å². The average molecular weight is 397 g/mol. The molecule has 0 saturated carbocycles. The van der Waals surface area contributed by atoms with Crippen LogP contribution in [0.5, 0.6) is 5.75 Å². The minimum absolute atomic E-state index is 0.0215. The SMILES string of the molecule is C[C@@H](NC(=O)Nc1ccc(OC(F)(F)F)cc1Br)[C@@H]1CCCO1. The van der Waals surface area contributed by atoms with Crippen molar-refractivity contribution in [2.24, 2.45) is 0 Å². The highest BCUT2D eigenvalue weighted by Crippen LogP contribution is 2.30. The topological polar surface area (TPSA) is 59.6 Å². The second kappa shape index (κ2) is 7.39. The van der Waals surface area contributed by atoms with Crippen LogP contribution in [-0.2, 0) is 4.74 Å². The van der Waals surface area contributed by atoms with Crippen LogP contribution in [0.2, 0.25) is 0 Å². The maximum absolute atomic E-state index is 12.1. The van der Waals surface area contributed by atoms with E-state index < -0.39 is 12.4 Å². The lowest BCUT2D eigenvalue weighted by molar-refractivity contribution is -0.274. The van der Waals surface area contributed by atoms with Gasteiger partial charge in [-0.15, -0.1) is 13.2 Å². The molecule has 23 heavy (non-hydrogen) atoms. The molecule has 0 radical (unpaired) electrons. The van der Waals surface area contributed by atoms with Crippen molar-refractivity contribution < 1.29 is 27.4 Å². The number of carbonyl (C=O) groups is 1. The monoisotopic (exact) mass is 396 g/mol. The number of amides is 2. The van der Waals surface area contributed by atoms with Gasteiger partial charge >= 0.3 is 12.4 Å². The lowest BCUT2D eigenvalue weighted by Gasteiger charge is -2.20. The van der Waals surface area contributed by atoms with E-state index in [1.165, 1.54) is 6.07 Å². The Morgan fingerprint density at radius 1 is 1.48 bits per heavy atom. The van der Waals surface area contributed by atoms with E-state index in [1.54, 1.807) is 0 Å². The molecule has 0 unspecified atom stereocenters. The van der Waals surface area contributed by atoms with Crippen LogP contribution in [0.25, 0.3) is 0 Å². The molecule has 1 aliphatic rings. The molecule has 9 heteroatoms. The van der Waals surface area contributed by atoms with Gasteiger partial charge in [0.15, 0.2) is 0 Å². The van der Waals surface area contributed by atoms with Crippen LogP contribution < -0.4 is 15.4 Å². The van der Waals surface area contributed by atoms with Gasteiger partial charge in [-0.2, -0.15) is 0 Å². The van der Waals surface area contributed by atoms with Crippen LogP contribution in [0.1, 0.15) is 19.8 Å². The lowest BCUT2D eigenvalue weighted by atomic mass is 10.1. The van der Waals surface area contributed by atoms with E-state index in [1.807, 2.05) is 6.92 Å². The smallest absolute Gasteiger partial charge is 0.406 e. The van der Waals surface area contributed by atoms with Gasteiger partial charge < -0.3 is 20.1 Å². The number of urea groups is 1. The number of halogens is 4. The molecule has 0 bridgehead atoms. The number of nitrogens with one attached hydrogen (secondary N) is 2. The van der Waals surface area contributed by atoms with Gasteiger partial charge in [0.1, 0.15) is 5.75 Å². The maximum Gasteiger partial charge on any atom is 0.573 e. The van der Waals surface area contributed by atoms with Crippen molar-refractivity contribution in [1.82, 2.24) is 5.32 Å². The van der Waals surface area contributed by atoms with Crippen molar-refractivity contribution in [3.05, 3.63) is 22.7 Å². The second-order valence-electron chi connectivity index (χ2n) is 5.13. The van der Waals surface area contributed by atoms with Gasteiger partial charge in [-0.25, -0.2) is 4.79 Å². The van der Waals surface area contributed by atoms with Gasteiger partial charge in [-0.05, 0) is 53.9 Å². The van der Waals surface area contributed by atoms with Crippen LogP contribution in [-0.4, -0.2) is 31.1 Å². The number of alkyl halides is 3. The van der Waals surface area contributed by atoms with Gasteiger partial charge in [0.05, 0.1) is 17.8 Å². The molecule has 2 rings (SSSR count). The first-order valence-electron chi connectivity index (χ1n) is 6.99. The fourth-order valence-electron chi connectivity index (χ4n) is 2.25. The predicted molar refractivity (Wildman–Crippen MR) is 81.4 cm³/mol. The van der Waals surface area contributed by atoms with Gasteiger partial charge in [-0.1, -0.05) is 0 Å². The van der Waals surface area contributed by atoms with E-state index in [2.05, 4.69) is 31.3 Å². The third-order valence-electron chi connectivity index (χ3n) is 3.30. The molecule has 1 heterocycles. The fourth-order valence-corrected chi connectivity index (χ4v) is 2.71. The largest absolute Gasteiger partial charge is 0.573 e. The van der Waals surface area contributed by atoms with Crippen molar-refractivity contribution in [2.45, 2.75) is 38.3 Å². The van der Waals surface area contributed by atoms with Crippen molar-refractivity contribution >= 4 is 27.6 Å². The summed E-state index contributed by atoms with van der Waals surface area (Å²) in [7, 11) is 0. The molecule has 128 valence electrons. The van der Waals surface area contributed by atoms with Crippen LogP contribution in [0, 0.1) is 0 Å². The van der Waals surface area contributed by atoms with Gasteiger partial charge in [-0.3, -0.25) is 0 Å². The zero-order valence-corrected chi connectivity index (χ0v) is 13.8. The molecule has 2 amide bonds. The van der Waals surface area contributed by atoms with Gasteiger partial charge in [0.2, 0.25) is 0 Å². The molecule has 1 fully saturated rings. The molecular formula is C14H16BrF3N2O3. The minimum Gasteiger partial charge on any atom is -0.406 e. The molecule has 1 aromatic rings. The minimum atomic E-state index is -4.76. The molecule has 0 spiro atoms. The van der Waals surface area contributed by atoms with Crippen LogP contribution in [0.15, 0.2) is 22.7 Å². The third kappa shape index (κ3) is 5.58. The van der Waals surface area contributed by atoms with E-state index in [-0.39, 0.29) is 22.4 Å². The average Bonchev–Trinajstić information content (AvgIpc) is 2.94. The summed E-state index contributed by atoms with van der Waals surface area (Å²) in [5, 5.41) is 5.31. The Kier molecular flexibility index (Phi) is 5.74. The standard InChI is InChI=1S/C14H16BrF3N2O3/c1-8(12-3-2-6-22-12)19-13(21)20-11-5-4-9(7-10(11)15)23-14(16,17)18/h4-5,7-8,12H,2-3,6H2,1H3,(H2,19,20,21)/t8-,12+/m1/s1. The summed E-state index contributed by atoms with van der Waals surface area (Å²) in [5.41, 5.74) is 0.330. The van der Waals surface area contributed by atoms with Crippen LogP contribution >= 0.6 is 15.9 Å². The third-order valence-corrected chi connectivity index (χ3v) is 3.96. The summed E-state index contributed by atoms with van der Waals surface area (Å²) >= 11 is 3.10. The normalized spacial score (nSPS) is 19.3. The summed E-state index contributed by atoms with van der Waals surface area (Å²) in [5.74, 6) is -0.372. The Hall–Kier alpha value is -1.48. The number of rotatable bonds is 4. The van der Waals surface area contributed by atoms with E-state index in [9.17, 15) is 18.0 Å². The van der Waals surface area contributed by atoms with Crippen LogP contribution in [0.3, 0.4) is 0 Å². The van der Waals surface area contributed by atoms with Gasteiger partial charge in [0.25, 0.3) is 0 Å². The summed E-state index contributed by atoms with van der Waals surface area (Å²) in [6, 6.07) is 2.95. The summed E-state index contributed by atoms with van der Waals surface area (Å²) in [4.78, 5) is 11.9. The highest BCUT2D eigenvalue weighted by Gasteiger charge is 2.31. The quantitative estimate of drug-likeness (QED) is 0.807. The zero-order valence-electron chi connectivity index (χ0n) is 12.2. The molecule has 1 saturated heterocycles. The summed E-state index contributed by atoms with van der Waals surface area (Å²) in [6.45, 7) is 2.52. The first-order valence-corrected chi connectivity index (χ1v) is 7.78. The Morgan fingerprint density at radius 2 is 2.22 bits per heavy atom. The van der Waals surface area contributed by atoms with Crippen molar-refractivity contribution in [3.8, 4) is 5.75 Å². The number of ether oxygens (including phenoxy) is 2. The number of hydrogen-bond acceptors (Lipinski definition) is 3. The Morgan fingerprint density at radius 3 is 2.78 bits per heavy atom. The Bertz CT molecular complexity index is 563. The number of benzene rings is 1. The first kappa shape index (κ1) is 17.9. The Balaban J connectivity index is 1.92. The molecule has 1 aliphatic heterocycles. The van der Waals surface area contributed by atoms with E-state index in [0.717, 1.165) is 25.0 Å². The van der Waals surface area contributed by atoms with Crippen molar-refractivity contribution in [2.75, 3.05) is 11.9 Å². The molecule has 0 aromatic heterocycles. The maximum atomic E-state index is 12.1. The predicted octanol–water partition coefficient (Wildman–Crippen LogP) is 4.04. The van der Waals surface area contributed by atoms with Crippen molar-refractivity contribution in [3.63, 3.8) is 0 Å². The Labute approximate surface area is 139 Å². The van der Waals surface area contributed by atoms with Crippen molar-refractivity contribution in [1.29, 1.82) is 0 Å². The summed E-state index contributed by atoms with van der Waals surface area (Å²) < 4.78 is 46.0. The second-order valence-corrected chi connectivity index (χ2v) is 5.98. The van der Waals surface area contributed by atoms with E-state index >= 15 is 0 Å². The lowest BCUT2D eigenvalue weighted by Crippen LogP contribution is -2.43. The number of hydrogen-bond donors (Lipinski definition) is 2. The molecule has 2 N–H and O–H groups in total. The highest BCUT2D eigenvalue weighted by atomic mass is 79.9. The van der Waals surface area contributed by atoms with E-state index in [0.29, 0.717) is 12.3 Å². The number of anilines is 1. The number of carbonyl (C=O) groups excluding carboxylic acids is 1. The molecule has 0 aliphatic carbocycles. The molecule has 1 aromatic carbocycles. The van der Waals surface area contributed by atoms with E-state index in [4.69, 9.17) is 4.74 Å². The summed E-state index contributed by atoms with van der Waals surface area (Å²) in [6.07, 6.45) is -2.94. The highest BCUT2D eigenvalue weighted by molar-refractivity contribution is 9.10. The fraction of sp³-hybridized carbons (Fsp3) is 0.500.